The number of aryl methyl sites for hydroxylation is 1. The number of anilines is 1. The Labute approximate surface area is 128 Å². The molecule has 2 N–H and O–H groups in total. The average Bonchev–Trinajstić information content (AvgIpc) is 2.81. The zero-order chi connectivity index (χ0) is 17.4. The summed E-state index contributed by atoms with van der Waals surface area (Å²) in [6.45, 7) is 0. The summed E-state index contributed by atoms with van der Waals surface area (Å²) in [6, 6.07) is 2.96. The monoisotopic (exact) mass is 349 g/mol. The van der Waals surface area contributed by atoms with Crippen molar-refractivity contribution in [2.45, 2.75) is 11.1 Å². The first-order chi connectivity index (χ1) is 10.5. The smallest absolute Gasteiger partial charge is 0.417 e. The minimum absolute atomic E-state index is 0.0802. The molecule has 2 rings (SSSR count). The van der Waals surface area contributed by atoms with E-state index >= 15 is 0 Å². The van der Waals surface area contributed by atoms with Gasteiger partial charge < -0.3 is 5.11 Å². The van der Waals surface area contributed by atoms with Crippen molar-refractivity contribution >= 4 is 21.8 Å². The highest BCUT2D eigenvalue weighted by molar-refractivity contribution is 7.92. The summed E-state index contributed by atoms with van der Waals surface area (Å²) in [5.41, 5.74) is -2.58. The summed E-state index contributed by atoms with van der Waals surface area (Å²) in [7, 11) is -2.82. The lowest BCUT2D eigenvalue weighted by Crippen LogP contribution is -2.17. The number of carboxylic acid groups (broad SMARTS) is 1. The Balaban J connectivity index is 2.49. The standard InChI is InChI=1S/C12H10F3N3O4S/c1-18-5-4-10(16-18)17-23(21,22)7-2-3-8(11(19)20)9(6-7)12(13,14)15/h2-6H,1H3,(H,16,17)(H,19,20). The molecule has 11 heteroatoms. The second kappa shape index (κ2) is 5.57. The molecule has 2 aromatic rings. The topological polar surface area (TPSA) is 101 Å². The van der Waals surface area contributed by atoms with E-state index in [2.05, 4.69) is 5.10 Å². The highest BCUT2D eigenvalue weighted by atomic mass is 32.2. The molecule has 0 unspecified atom stereocenters. The number of nitrogens with one attached hydrogen (secondary N) is 1. The summed E-state index contributed by atoms with van der Waals surface area (Å²) < 4.78 is 66.2. The van der Waals surface area contributed by atoms with E-state index in [1.54, 1.807) is 0 Å². The summed E-state index contributed by atoms with van der Waals surface area (Å²) in [5.74, 6) is -1.89. The second-order valence-corrected chi connectivity index (χ2v) is 6.17. The normalized spacial score (nSPS) is 12.2. The molecule has 0 aliphatic heterocycles. The van der Waals surface area contributed by atoms with E-state index < -0.39 is 38.2 Å². The van der Waals surface area contributed by atoms with Crippen molar-refractivity contribution in [2.75, 3.05) is 4.72 Å². The molecule has 0 atom stereocenters. The molecule has 7 nitrogen and oxygen atoms in total. The van der Waals surface area contributed by atoms with Crippen LogP contribution >= 0.6 is 0 Å². The van der Waals surface area contributed by atoms with Gasteiger partial charge in [-0.1, -0.05) is 0 Å². The lowest BCUT2D eigenvalue weighted by atomic mass is 10.1. The van der Waals surface area contributed by atoms with Crippen LogP contribution < -0.4 is 4.72 Å². The Kier molecular flexibility index (Phi) is 4.07. The maximum absolute atomic E-state index is 12.9. The van der Waals surface area contributed by atoms with Crippen LogP contribution in [0.25, 0.3) is 0 Å². The fourth-order valence-electron chi connectivity index (χ4n) is 1.78. The largest absolute Gasteiger partial charge is 0.478 e. The molecule has 0 saturated heterocycles. The van der Waals surface area contributed by atoms with E-state index in [0.29, 0.717) is 6.07 Å². The first-order valence-corrected chi connectivity index (χ1v) is 7.46. The minimum Gasteiger partial charge on any atom is -0.478 e. The Bertz CT molecular complexity index is 859. The van der Waals surface area contributed by atoms with E-state index in [9.17, 15) is 26.4 Å². The quantitative estimate of drug-likeness (QED) is 0.878. The van der Waals surface area contributed by atoms with Gasteiger partial charge in [0.25, 0.3) is 10.0 Å². The van der Waals surface area contributed by atoms with Crippen molar-refractivity contribution in [3.63, 3.8) is 0 Å². The summed E-state index contributed by atoms with van der Waals surface area (Å²) >= 11 is 0. The van der Waals surface area contributed by atoms with Crippen LogP contribution in [0, 0.1) is 0 Å². The fraction of sp³-hybridized carbons (Fsp3) is 0.167. The lowest BCUT2D eigenvalue weighted by molar-refractivity contribution is -0.138. The van der Waals surface area contributed by atoms with E-state index in [1.807, 2.05) is 4.72 Å². The molecule has 23 heavy (non-hydrogen) atoms. The molecular weight excluding hydrogens is 339 g/mol. The van der Waals surface area contributed by atoms with Crippen LogP contribution in [0.2, 0.25) is 0 Å². The highest BCUT2D eigenvalue weighted by Gasteiger charge is 2.36. The van der Waals surface area contributed by atoms with Crippen LogP contribution in [0.4, 0.5) is 19.0 Å². The number of rotatable bonds is 4. The number of nitrogens with zero attached hydrogens (tertiary/aromatic N) is 2. The molecule has 0 aliphatic carbocycles. The number of aromatic carboxylic acids is 1. The van der Waals surface area contributed by atoms with Gasteiger partial charge in [-0.2, -0.15) is 18.3 Å². The Morgan fingerprint density at radius 3 is 2.43 bits per heavy atom. The Hall–Kier alpha value is -2.56. The minimum atomic E-state index is -5.01. The molecule has 124 valence electrons. The van der Waals surface area contributed by atoms with Gasteiger partial charge in [0.05, 0.1) is 16.0 Å². The number of sulfonamides is 1. The molecule has 0 bridgehead atoms. The molecule has 1 aromatic carbocycles. The van der Waals surface area contributed by atoms with Gasteiger partial charge in [0, 0.05) is 19.3 Å². The molecule has 1 aromatic heterocycles. The zero-order valence-corrected chi connectivity index (χ0v) is 12.3. The van der Waals surface area contributed by atoms with Crippen LogP contribution in [0.3, 0.4) is 0 Å². The fourth-order valence-corrected chi connectivity index (χ4v) is 2.80. The molecular formula is C12H10F3N3O4S. The average molecular weight is 349 g/mol. The number of hydrogen-bond acceptors (Lipinski definition) is 4. The molecule has 1 heterocycles. The van der Waals surface area contributed by atoms with Gasteiger partial charge in [0.15, 0.2) is 5.82 Å². The van der Waals surface area contributed by atoms with Gasteiger partial charge in [-0.3, -0.25) is 9.40 Å². The lowest BCUT2D eigenvalue weighted by Gasteiger charge is -2.12. The molecule has 0 amide bonds. The van der Waals surface area contributed by atoms with E-state index in [4.69, 9.17) is 5.11 Å². The summed E-state index contributed by atoms with van der Waals surface area (Å²) in [4.78, 5) is 10.1. The van der Waals surface area contributed by atoms with E-state index in [0.717, 1.165) is 6.07 Å². The predicted molar refractivity (Wildman–Crippen MR) is 72.4 cm³/mol. The SMILES string of the molecule is Cn1ccc(NS(=O)(=O)c2ccc(C(=O)O)c(C(F)(F)F)c2)n1. The molecule has 0 aliphatic rings. The second-order valence-electron chi connectivity index (χ2n) is 4.49. The summed E-state index contributed by atoms with van der Waals surface area (Å²) in [5, 5.41) is 12.5. The van der Waals surface area contributed by atoms with Gasteiger partial charge in [0.2, 0.25) is 0 Å². The van der Waals surface area contributed by atoms with Crippen LogP contribution in [0.5, 0.6) is 0 Å². The number of carboxylic acids is 1. The number of halogens is 3. The first-order valence-electron chi connectivity index (χ1n) is 5.98. The summed E-state index contributed by atoms with van der Waals surface area (Å²) in [6.07, 6.45) is -3.57. The van der Waals surface area contributed by atoms with Crippen molar-refractivity contribution in [3.05, 3.63) is 41.6 Å². The van der Waals surface area contributed by atoms with Crippen molar-refractivity contribution in [2.24, 2.45) is 7.05 Å². The molecule has 0 radical (unpaired) electrons. The number of hydrogen-bond donors (Lipinski definition) is 2. The van der Waals surface area contributed by atoms with Gasteiger partial charge in [-0.15, -0.1) is 0 Å². The van der Waals surface area contributed by atoms with Crippen LogP contribution in [-0.4, -0.2) is 29.3 Å². The Morgan fingerprint density at radius 2 is 1.96 bits per heavy atom. The van der Waals surface area contributed by atoms with Crippen LogP contribution in [0.1, 0.15) is 15.9 Å². The third kappa shape index (κ3) is 3.62. The Morgan fingerprint density at radius 1 is 1.30 bits per heavy atom. The van der Waals surface area contributed by atoms with Crippen LogP contribution in [0.15, 0.2) is 35.4 Å². The third-order valence-electron chi connectivity index (χ3n) is 2.79. The predicted octanol–water partition coefficient (Wildman–Crippen LogP) is 1.94. The van der Waals surface area contributed by atoms with Gasteiger partial charge in [-0.25, -0.2) is 13.2 Å². The first kappa shape index (κ1) is 16.8. The number of carbonyl (C=O) groups is 1. The van der Waals surface area contributed by atoms with Crippen molar-refractivity contribution in [3.8, 4) is 0 Å². The van der Waals surface area contributed by atoms with Gasteiger partial charge >= 0.3 is 12.1 Å². The molecule has 0 fully saturated rings. The molecule has 0 saturated carbocycles. The number of aromatic nitrogens is 2. The van der Waals surface area contributed by atoms with Gasteiger partial charge in [0.1, 0.15) is 0 Å². The maximum atomic E-state index is 12.9. The third-order valence-corrected chi connectivity index (χ3v) is 4.14. The van der Waals surface area contributed by atoms with Crippen LogP contribution in [-0.2, 0) is 23.2 Å². The number of benzene rings is 1. The highest BCUT2D eigenvalue weighted by Crippen LogP contribution is 2.33. The van der Waals surface area contributed by atoms with Crippen molar-refractivity contribution in [1.29, 1.82) is 0 Å². The van der Waals surface area contributed by atoms with E-state index in [-0.39, 0.29) is 11.9 Å². The van der Waals surface area contributed by atoms with E-state index in [1.165, 1.54) is 24.0 Å². The number of alkyl halides is 3. The van der Waals surface area contributed by atoms with Crippen molar-refractivity contribution < 1.29 is 31.5 Å². The zero-order valence-electron chi connectivity index (χ0n) is 11.5. The van der Waals surface area contributed by atoms with Gasteiger partial charge in [-0.05, 0) is 18.2 Å². The van der Waals surface area contributed by atoms with Crippen molar-refractivity contribution in [1.82, 2.24) is 9.78 Å². The maximum Gasteiger partial charge on any atom is 0.417 e. The molecule has 0 spiro atoms.